The van der Waals surface area contributed by atoms with E-state index in [1.807, 2.05) is 0 Å². The van der Waals surface area contributed by atoms with Gasteiger partial charge in [-0.25, -0.2) is 0 Å². The molecule has 0 aliphatic carbocycles. The molecule has 2 aromatic rings. The molecule has 0 radical (unpaired) electrons. The zero-order chi connectivity index (χ0) is 18.2. The van der Waals surface area contributed by atoms with Gasteiger partial charge in [-0.15, -0.1) is 24.8 Å². The van der Waals surface area contributed by atoms with Gasteiger partial charge in [0.1, 0.15) is 11.5 Å². The Kier molecular flexibility index (Phi) is 11.9. The van der Waals surface area contributed by atoms with Crippen molar-refractivity contribution in [1.29, 1.82) is 0 Å². The first-order chi connectivity index (χ1) is 12.7. The Bertz CT molecular complexity index is 658. The first kappa shape index (κ1) is 25.0. The van der Waals surface area contributed by atoms with Gasteiger partial charge in [0.15, 0.2) is 0 Å². The summed E-state index contributed by atoms with van der Waals surface area (Å²) in [6.07, 6.45) is 8.91. The number of hydrogen-bond acceptors (Lipinski definition) is 3. The monoisotopic (exact) mass is 426 g/mol. The molecule has 0 unspecified atom stereocenters. The van der Waals surface area contributed by atoms with Crippen LogP contribution >= 0.6 is 24.8 Å². The van der Waals surface area contributed by atoms with E-state index in [4.69, 9.17) is 4.42 Å². The molecule has 0 fully saturated rings. The van der Waals surface area contributed by atoms with Gasteiger partial charge in [-0.3, -0.25) is 4.90 Å². The number of nitrogens with zero attached hydrogens (tertiary/aromatic N) is 2. The summed E-state index contributed by atoms with van der Waals surface area (Å²) in [5.74, 6) is 2.33. The standard InChI is InChI=1S/C23H34N2O.2ClH/c1-24(2)18-22-17-21-14-10-16-25(19-23(21)26-22)15-9-4-3-6-11-20-12-7-5-8-13-20;;/h5,7-8,12-13,17H,3-4,6,9-11,14-16,18-19H2,1-2H3;2*1H. The summed E-state index contributed by atoms with van der Waals surface area (Å²) < 4.78 is 6.14. The van der Waals surface area contributed by atoms with E-state index < -0.39 is 0 Å². The van der Waals surface area contributed by atoms with E-state index in [9.17, 15) is 0 Å². The Morgan fingerprint density at radius 3 is 2.50 bits per heavy atom. The molecule has 3 nitrogen and oxygen atoms in total. The first-order valence-corrected chi connectivity index (χ1v) is 10.2. The molecule has 0 saturated carbocycles. The van der Waals surface area contributed by atoms with Crippen LogP contribution in [0.4, 0.5) is 0 Å². The number of benzene rings is 1. The normalized spacial score (nSPS) is 14.1. The molecule has 0 N–H and O–H groups in total. The van der Waals surface area contributed by atoms with Crippen LogP contribution in [-0.4, -0.2) is 37.0 Å². The van der Waals surface area contributed by atoms with Gasteiger partial charge < -0.3 is 9.32 Å². The first-order valence-electron chi connectivity index (χ1n) is 10.2. The molecule has 0 atom stereocenters. The number of rotatable bonds is 9. The Balaban J connectivity index is 0.00000196. The minimum Gasteiger partial charge on any atom is -0.463 e. The molecule has 28 heavy (non-hydrogen) atoms. The molecule has 0 saturated heterocycles. The Morgan fingerprint density at radius 2 is 1.75 bits per heavy atom. The fraction of sp³-hybridized carbons (Fsp3) is 0.565. The van der Waals surface area contributed by atoms with E-state index in [1.165, 1.54) is 74.9 Å². The lowest BCUT2D eigenvalue weighted by Crippen LogP contribution is -2.24. The maximum Gasteiger partial charge on any atom is 0.121 e. The molecule has 5 heteroatoms. The van der Waals surface area contributed by atoms with Crippen molar-refractivity contribution in [2.45, 2.75) is 58.0 Å². The molecule has 0 bridgehead atoms. The number of halogens is 2. The van der Waals surface area contributed by atoms with E-state index in [0.29, 0.717) is 0 Å². The third kappa shape index (κ3) is 8.16. The molecule has 0 amide bonds. The van der Waals surface area contributed by atoms with E-state index in [1.54, 1.807) is 0 Å². The van der Waals surface area contributed by atoms with Gasteiger partial charge in [-0.2, -0.15) is 0 Å². The molecule has 1 aliphatic rings. The van der Waals surface area contributed by atoms with Crippen LogP contribution in [0.15, 0.2) is 40.8 Å². The topological polar surface area (TPSA) is 19.6 Å². The number of hydrogen-bond donors (Lipinski definition) is 0. The van der Waals surface area contributed by atoms with E-state index in [2.05, 4.69) is 60.3 Å². The van der Waals surface area contributed by atoms with Crippen LogP contribution in [0.5, 0.6) is 0 Å². The lowest BCUT2D eigenvalue weighted by molar-refractivity contribution is 0.237. The van der Waals surface area contributed by atoms with E-state index in [-0.39, 0.29) is 24.8 Å². The van der Waals surface area contributed by atoms with Gasteiger partial charge in [0.05, 0.1) is 13.1 Å². The molecule has 3 rings (SSSR count). The fourth-order valence-electron chi connectivity index (χ4n) is 3.89. The van der Waals surface area contributed by atoms with Gasteiger partial charge in [0.2, 0.25) is 0 Å². The van der Waals surface area contributed by atoms with Crippen LogP contribution < -0.4 is 0 Å². The molecular weight excluding hydrogens is 391 g/mol. The number of fused-ring (bicyclic) bond motifs is 1. The predicted molar refractivity (Wildman–Crippen MR) is 123 cm³/mol. The summed E-state index contributed by atoms with van der Waals surface area (Å²) in [4.78, 5) is 4.76. The highest BCUT2D eigenvalue weighted by molar-refractivity contribution is 5.85. The predicted octanol–water partition coefficient (Wildman–Crippen LogP) is 5.74. The molecular formula is C23H36Cl2N2O. The van der Waals surface area contributed by atoms with E-state index >= 15 is 0 Å². The van der Waals surface area contributed by atoms with Gasteiger partial charge in [-0.1, -0.05) is 43.2 Å². The van der Waals surface area contributed by atoms with Crippen molar-refractivity contribution in [2.75, 3.05) is 27.2 Å². The Labute approximate surface area is 183 Å². The molecule has 1 aromatic carbocycles. The van der Waals surface area contributed by atoms with Crippen molar-refractivity contribution in [3.8, 4) is 0 Å². The summed E-state index contributed by atoms with van der Waals surface area (Å²) in [6, 6.07) is 13.1. The molecule has 0 spiro atoms. The van der Waals surface area contributed by atoms with Crippen molar-refractivity contribution in [3.63, 3.8) is 0 Å². The highest BCUT2D eigenvalue weighted by Crippen LogP contribution is 2.23. The Hall–Kier alpha value is -1.000. The van der Waals surface area contributed by atoms with Gasteiger partial charge >= 0.3 is 0 Å². The minimum absolute atomic E-state index is 0. The highest BCUT2D eigenvalue weighted by Gasteiger charge is 2.18. The van der Waals surface area contributed by atoms with Gasteiger partial charge in [0, 0.05) is 0 Å². The van der Waals surface area contributed by atoms with Crippen molar-refractivity contribution in [1.82, 2.24) is 9.80 Å². The summed E-state index contributed by atoms with van der Waals surface area (Å²) in [5.41, 5.74) is 2.91. The molecule has 2 heterocycles. The van der Waals surface area contributed by atoms with Crippen LogP contribution in [0, 0.1) is 0 Å². The number of furan rings is 1. The second-order valence-electron chi connectivity index (χ2n) is 7.93. The number of unbranched alkanes of at least 4 members (excludes halogenated alkanes) is 3. The summed E-state index contributed by atoms with van der Waals surface area (Å²) in [7, 11) is 4.19. The molecule has 1 aliphatic heterocycles. The van der Waals surface area contributed by atoms with E-state index in [0.717, 1.165) is 18.8 Å². The second-order valence-corrected chi connectivity index (χ2v) is 7.93. The fourth-order valence-corrected chi connectivity index (χ4v) is 3.89. The average molecular weight is 427 g/mol. The van der Waals surface area contributed by atoms with Crippen molar-refractivity contribution >= 4 is 24.8 Å². The van der Waals surface area contributed by atoms with Gasteiger partial charge in [0.25, 0.3) is 0 Å². The van der Waals surface area contributed by atoms with Crippen LogP contribution in [0.3, 0.4) is 0 Å². The molecule has 158 valence electrons. The van der Waals surface area contributed by atoms with Crippen molar-refractivity contribution in [2.24, 2.45) is 0 Å². The smallest absolute Gasteiger partial charge is 0.121 e. The quantitative estimate of drug-likeness (QED) is 0.476. The largest absolute Gasteiger partial charge is 0.463 e. The van der Waals surface area contributed by atoms with Crippen molar-refractivity contribution < 1.29 is 4.42 Å². The van der Waals surface area contributed by atoms with Crippen LogP contribution in [0.2, 0.25) is 0 Å². The second kappa shape index (κ2) is 13.3. The summed E-state index contributed by atoms with van der Waals surface area (Å²) >= 11 is 0. The third-order valence-corrected chi connectivity index (χ3v) is 5.24. The third-order valence-electron chi connectivity index (χ3n) is 5.24. The molecule has 1 aromatic heterocycles. The van der Waals surface area contributed by atoms with Crippen LogP contribution in [0.25, 0.3) is 0 Å². The average Bonchev–Trinajstić information content (AvgIpc) is 2.88. The SMILES string of the molecule is CN(C)Cc1cc2c(o1)CN(CCCCCCc1ccccc1)CCC2.Cl.Cl. The summed E-state index contributed by atoms with van der Waals surface area (Å²) in [5, 5.41) is 0. The maximum absolute atomic E-state index is 6.14. The van der Waals surface area contributed by atoms with Crippen LogP contribution in [0.1, 0.15) is 54.8 Å². The van der Waals surface area contributed by atoms with Gasteiger partial charge in [-0.05, 0) is 76.5 Å². The van der Waals surface area contributed by atoms with Crippen molar-refractivity contribution in [3.05, 3.63) is 59.0 Å². The summed E-state index contributed by atoms with van der Waals surface area (Å²) in [6.45, 7) is 4.30. The number of aryl methyl sites for hydroxylation is 2. The lowest BCUT2D eigenvalue weighted by atomic mass is 10.1. The maximum atomic E-state index is 6.14. The lowest BCUT2D eigenvalue weighted by Gasteiger charge is -2.19. The van der Waals surface area contributed by atoms with Crippen LogP contribution in [-0.2, 0) is 25.9 Å². The zero-order valence-corrected chi connectivity index (χ0v) is 19.0. The minimum atomic E-state index is 0. The zero-order valence-electron chi connectivity index (χ0n) is 17.4. The Morgan fingerprint density at radius 1 is 1.00 bits per heavy atom. The highest BCUT2D eigenvalue weighted by atomic mass is 35.5.